The molecule has 1 saturated heterocycles. The number of anilines is 1. The fourth-order valence-corrected chi connectivity index (χ4v) is 5.70. The van der Waals surface area contributed by atoms with Crippen LogP contribution >= 0.6 is 11.8 Å². The van der Waals surface area contributed by atoms with E-state index in [4.69, 9.17) is 4.74 Å². The molecule has 3 heterocycles. The van der Waals surface area contributed by atoms with Crippen LogP contribution in [0.4, 0.5) is 5.82 Å². The zero-order valence-electron chi connectivity index (χ0n) is 19.4. The molecule has 2 aliphatic heterocycles. The maximum absolute atomic E-state index is 12.4. The number of thioether (sulfide) groups is 1. The number of hydrogen-bond donors (Lipinski definition) is 0. The van der Waals surface area contributed by atoms with Crippen LogP contribution in [0.2, 0.25) is 0 Å². The van der Waals surface area contributed by atoms with Gasteiger partial charge in [-0.2, -0.15) is 0 Å². The molecule has 5 rings (SSSR count). The second kappa shape index (κ2) is 10.5. The number of ether oxygens (including phenoxy) is 1. The number of aromatic nitrogens is 1. The van der Waals surface area contributed by atoms with Gasteiger partial charge in [-0.15, -0.1) is 11.8 Å². The maximum Gasteiger partial charge on any atom is 0.341 e. The van der Waals surface area contributed by atoms with Crippen molar-refractivity contribution < 1.29 is 9.53 Å². The maximum atomic E-state index is 12.4. The second-order valence-electron chi connectivity index (χ2n) is 8.44. The summed E-state index contributed by atoms with van der Waals surface area (Å²) < 4.78 is 5.23. The third kappa shape index (κ3) is 4.74. The number of benzene rings is 2. The minimum atomic E-state index is -0.304. The minimum absolute atomic E-state index is 0.304. The molecule has 2 aliphatic rings. The van der Waals surface area contributed by atoms with E-state index in [0.717, 1.165) is 44.3 Å². The summed E-state index contributed by atoms with van der Waals surface area (Å²) in [6, 6.07) is 21.1. The molecule has 2 aromatic carbocycles. The Kier molecular flexibility index (Phi) is 6.97. The second-order valence-corrected chi connectivity index (χ2v) is 9.46. The van der Waals surface area contributed by atoms with E-state index in [1.165, 1.54) is 27.2 Å². The predicted octanol–water partition coefficient (Wildman–Crippen LogP) is 5.12. The lowest BCUT2D eigenvalue weighted by atomic mass is 9.94. The molecule has 3 aromatic rings. The zero-order chi connectivity index (χ0) is 23.3. The summed E-state index contributed by atoms with van der Waals surface area (Å²) >= 11 is 1.92. The molecule has 0 N–H and O–H groups in total. The van der Waals surface area contributed by atoms with Crippen molar-refractivity contribution in [1.29, 1.82) is 0 Å². The third-order valence-corrected chi connectivity index (χ3v) is 7.50. The quantitative estimate of drug-likeness (QED) is 0.482. The molecule has 0 unspecified atom stereocenters. The van der Waals surface area contributed by atoms with Crippen LogP contribution in [0.5, 0.6) is 0 Å². The van der Waals surface area contributed by atoms with E-state index in [1.807, 2.05) is 18.7 Å². The molecule has 6 heteroatoms. The van der Waals surface area contributed by atoms with Crippen LogP contribution in [0.25, 0.3) is 5.57 Å². The monoisotopic (exact) mass is 471 g/mol. The number of pyridine rings is 1. The van der Waals surface area contributed by atoms with Crippen LogP contribution in [0, 0.1) is 0 Å². The van der Waals surface area contributed by atoms with Gasteiger partial charge in [0.1, 0.15) is 11.4 Å². The highest BCUT2D eigenvalue weighted by atomic mass is 32.2. The van der Waals surface area contributed by atoms with Gasteiger partial charge in [-0.3, -0.25) is 4.90 Å². The highest BCUT2D eigenvalue weighted by Crippen LogP contribution is 2.39. The molecular formula is C28H29N3O2S. The van der Waals surface area contributed by atoms with Crippen molar-refractivity contribution in [2.45, 2.75) is 17.6 Å². The van der Waals surface area contributed by atoms with Crippen molar-refractivity contribution in [2.24, 2.45) is 0 Å². The van der Waals surface area contributed by atoms with Gasteiger partial charge in [-0.05, 0) is 47.4 Å². The number of carbonyl (C=O) groups is 1. The van der Waals surface area contributed by atoms with Gasteiger partial charge in [0.05, 0.1) is 6.61 Å². The molecule has 5 nitrogen and oxygen atoms in total. The summed E-state index contributed by atoms with van der Waals surface area (Å²) in [5, 5.41) is 0. The molecule has 0 amide bonds. The first kappa shape index (κ1) is 22.7. The van der Waals surface area contributed by atoms with Gasteiger partial charge in [-0.25, -0.2) is 9.78 Å². The van der Waals surface area contributed by atoms with Crippen molar-refractivity contribution in [3.63, 3.8) is 0 Å². The number of esters is 1. The average molecular weight is 472 g/mol. The largest absolute Gasteiger partial charge is 0.462 e. The number of fused-ring (bicyclic) bond motifs is 2. The first-order chi connectivity index (χ1) is 16.7. The standard InChI is InChI=1S/C28H29N3O2S/c1-2-33-28(32)25-11-7-14-29-27(25)31-18-16-30(17-19-31)15-13-23-22-9-4-3-8-21(22)20-34-26-12-6-5-10-24(23)26/h3-14H,2,15-20H2,1H3/b23-13+. The first-order valence-corrected chi connectivity index (χ1v) is 12.8. The van der Waals surface area contributed by atoms with Crippen molar-refractivity contribution >= 4 is 29.1 Å². The van der Waals surface area contributed by atoms with Crippen molar-refractivity contribution in [3.8, 4) is 0 Å². The van der Waals surface area contributed by atoms with Gasteiger partial charge in [-0.1, -0.05) is 48.5 Å². The Balaban J connectivity index is 1.32. The van der Waals surface area contributed by atoms with Gasteiger partial charge in [0.2, 0.25) is 0 Å². The van der Waals surface area contributed by atoms with Crippen molar-refractivity contribution in [1.82, 2.24) is 9.88 Å². The van der Waals surface area contributed by atoms with Crippen LogP contribution < -0.4 is 4.90 Å². The Morgan fingerprint density at radius 2 is 1.76 bits per heavy atom. The van der Waals surface area contributed by atoms with E-state index in [0.29, 0.717) is 12.2 Å². The van der Waals surface area contributed by atoms with E-state index < -0.39 is 0 Å². The Morgan fingerprint density at radius 1 is 1.00 bits per heavy atom. The Labute approximate surface area is 205 Å². The molecule has 0 bridgehead atoms. The summed E-state index contributed by atoms with van der Waals surface area (Å²) in [6.07, 6.45) is 4.14. The molecule has 0 aliphatic carbocycles. The molecule has 0 spiro atoms. The first-order valence-electron chi connectivity index (χ1n) is 11.8. The van der Waals surface area contributed by atoms with Crippen LogP contribution in [-0.2, 0) is 10.5 Å². The molecule has 174 valence electrons. The molecule has 0 atom stereocenters. The zero-order valence-corrected chi connectivity index (χ0v) is 20.3. The topological polar surface area (TPSA) is 45.7 Å². The molecule has 1 fully saturated rings. The Bertz CT molecular complexity index is 1150. The fraction of sp³-hybridized carbons (Fsp3) is 0.286. The molecule has 1 aromatic heterocycles. The molecule has 0 saturated carbocycles. The molecule has 0 radical (unpaired) electrons. The summed E-state index contributed by atoms with van der Waals surface area (Å²) in [6.45, 7) is 6.57. The summed E-state index contributed by atoms with van der Waals surface area (Å²) in [4.78, 5) is 22.9. The highest BCUT2D eigenvalue weighted by molar-refractivity contribution is 7.98. The smallest absolute Gasteiger partial charge is 0.341 e. The number of carbonyl (C=O) groups excluding carboxylic acids is 1. The number of piperazine rings is 1. The SMILES string of the molecule is CCOC(=O)c1cccnc1N1CCN(C/C=C2\c3ccccc3CSc3ccccc32)CC1. The van der Waals surface area contributed by atoms with E-state index in [2.05, 4.69) is 69.4 Å². The summed E-state index contributed by atoms with van der Waals surface area (Å²) in [7, 11) is 0. The van der Waals surface area contributed by atoms with Gasteiger partial charge < -0.3 is 9.64 Å². The lowest BCUT2D eigenvalue weighted by Crippen LogP contribution is -2.47. The number of nitrogens with zero attached hydrogens (tertiary/aromatic N) is 3. The number of rotatable bonds is 5. The fourth-order valence-electron chi connectivity index (χ4n) is 4.62. The van der Waals surface area contributed by atoms with Crippen LogP contribution in [0.15, 0.2) is 77.8 Å². The van der Waals surface area contributed by atoms with Gasteiger partial charge in [0.25, 0.3) is 0 Å². The summed E-state index contributed by atoms with van der Waals surface area (Å²) in [5.74, 6) is 1.42. The highest BCUT2D eigenvalue weighted by Gasteiger charge is 2.23. The lowest BCUT2D eigenvalue weighted by molar-refractivity contribution is 0.0526. The molecular weight excluding hydrogens is 442 g/mol. The van der Waals surface area contributed by atoms with E-state index in [-0.39, 0.29) is 5.97 Å². The predicted molar refractivity (Wildman–Crippen MR) is 138 cm³/mol. The summed E-state index contributed by atoms with van der Waals surface area (Å²) in [5.41, 5.74) is 5.92. The Hall–Kier alpha value is -3.09. The van der Waals surface area contributed by atoms with E-state index in [9.17, 15) is 4.79 Å². The van der Waals surface area contributed by atoms with Gasteiger partial charge >= 0.3 is 5.97 Å². The van der Waals surface area contributed by atoms with Gasteiger partial charge in [0, 0.05) is 49.6 Å². The average Bonchev–Trinajstić information content (AvgIpc) is 3.05. The third-order valence-electron chi connectivity index (χ3n) is 6.38. The van der Waals surface area contributed by atoms with Crippen molar-refractivity contribution in [2.75, 3.05) is 44.2 Å². The Morgan fingerprint density at radius 3 is 2.59 bits per heavy atom. The van der Waals surface area contributed by atoms with Crippen LogP contribution in [0.1, 0.15) is 34.0 Å². The van der Waals surface area contributed by atoms with Gasteiger partial charge in [0.15, 0.2) is 0 Å². The van der Waals surface area contributed by atoms with Crippen LogP contribution in [0.3, 0.4) is 0 Å². The van der Waals surface area contributed by atoms with Crippen LogP contribution in [-0.4, -0.2) is 55.2 Å². The van der Waals surface area contributed by atoms with E-state index >= 15 is 0 Å². The normalized spacial score (nSPS) is 17.1. The van der Waals surface area contributed by atoms with E-state index in [1.54, 1.807) is 18.3 Å². The number of hydrogen-bond acceptors (Lipinski definition) is 6. The lowest BCUT2D eigenvalue weighted by Gasteiger charge is -2.35. The minimum Gasteiger partial charge on any atom is -0.462 e. The molecule has 34 heavy (non-hydrogen) atoms. The van der Waals surface area contributed by atoms with Crippen molar-refractivity contribution in [3.05, 3.63) is 95.2 Å².